The fourth-order valence-electron chi connectivity index (χ4n) is 3.21. The second-order valence-corrected chi connectivity index (χ2v) is 4.95. The van der Waals surface area contributed by atoms with Crippen LogP contribution in [0.1, 0.15) is 47.5 Å². The second-order valence-electron chi connectivity index (χ2n) is 4.95. The molecule has 1 aromatic rings. The molecular formula is C14H17NO. The van der Waals surface area contributed by atoms with Crippen LogP contribution in [0.25, 0.3) is 0 Å². The van der Waals surface area contributed by atoms with Gasteiger partial charge >= 0.3 is 0 Å². The van der Waals surface area contributed by atoms with E-state index in [1.165, 1.54) is 31.2 Å². The summed E-state index contributed by atoms with van der Waals surface area (Å²) in [5.74, 6) is 1.37. The van der Waals surface area contributed by atoms with Crippen molar-refractivity contribution in [3.05, 3.63) is 35.4 Å². The summed E-state index contributed by atoms with van der Waals surface area (Å²) in [5.41, 5.74) is 2.18. The Hall–Kier alpha value is -1.31. The maximum atomic E-state index is 11.9. The molecule has 1 heterocycles. The number of hydrogen-bond donors (Lipinski definition) is 1. The van der Waals surface area contributed by atoms with E-state index < -0.39 is 0 Å². The molecular weight excluding hydrogens is 198 g/mol. The first-order valence-electron chi connectivity index (χ1n) is 6.23. The highest BCUT2D eigenvalue weighted by Crippen LogP contribution is 2.40. The van der Waals surface area contributed by atoms with Crippen LogP contribution >= 0.6 is 0 Å². The average molecular weight is 215 g/mol. The molecule has 16 heavy (non-hydrogen) atoms. The molecule has 0 spiro atoms. The van der Waals surface area contributed by atoms with Crippen LogP contribution in [0.2, 0.25) is 0 Å². The first kappa shape index (κ1) is 9.88. The number of fused-ring (bicyclic) bond motifs is 3. The van der Waals surface area contributed by atoms with E-state index in [1.54, 1.807) is 0 Å². The van der Waals surface area contributed by atoms with Gasteiger partial charge in [-0.05, 0) is 36.3 Å². The molecule has 3 rings (SSSR count). The van der Waals surface area contributed by atoms with Crippen LogP contribution in [-0.2, 0) is 0 Å². The lowest BCUT2D eigenvalue weighted by atomic mass is 9.75. The van der Waals surface area contributed by atoms with Gasteiger partial charge in [-0.2, -0.15) is 0 Å². The van der Waals surface area contributed by atoms with Crippen molar-refractivity contribution in [1.82, 2.24) is 5.32 Å². The minimum atomic E-state index is 0.116. The van der Waals surface area contributed by atoms with Gasteiger partial charge in [-0.25, -0.2) is 0 Å². The lowest BCUT2D eigenvalue weighted by molar-refractivity contribution is 0.0950. The molecule has 1 saturated carbocycles. The van der Waals surface area contributed by atoms with Gasteiger partial charge in [0.25, 0.3) is 5.91 Å². The Labute approximate surface area is 96.1 Å². The summed E-state index contributed by atoms with van der Waals surface area (Å²) in [4.78, 5) is 11.9. The largest absolute Gasteiger partial charge is 0.352 e. The molecule has 2 unspecified atom stereocenters. The van der Waals surface area contributed by atoms with Gasteiger partial charge < -0.3 is 5.32 Å². The number of amides is 1. The lowest BCUT2D eigenvalue weighted by Crippen LogP contribution is -2.29. The monoisotopic (exact) mass is 215 g/mol. The quantitative estimate of drug-likeness (QED) is 0.708. The third-order valence-electron chi connectivity index (χ3n) is 4.04. The molecule has 1 aliphatic carbocycles. The van der Waals surface area contributed by atoms with Crippen molar-refractivity contribution in [3.8, 4) is 0 Å². The molecule has 2 nitrogen and oxygen atoms in total. The molecule has 1 aliphatic heterocycles. The van der Waals surface area contributed by atoms with E-state index >= 15 is 0 Å². The Morgan fingerprint density at radius 2 is 1.94 bits per heavy atom. The van der Waals surface area contributed by atoms with E-state index in [2.05, 4.69) is 17.4 Å². The minimum Gasteiger partial charge on any atom is -0.352 e. The summed E-state index contributed by atoms with van der Waals surface area (Å²) in [6.45, 7) is 0.859. The Kier molecular flexibility index (Phi) is 2.43. The van der Waals surface area contributed by atoms with Gasteiger partial charge in [0.15, 0.2) is 0 Å². The summed E-state index contributed by atoms with van der Waals surface area (Å²) in [5, 5.41) is 3.06. The van der Waals surface area contributed by atoms with Gasteiger partial charge in [-0.1, -0.05) is 31.0 Å². The van der Waals surface area contributed by atoms with Crippen molar-refractivity contribution in [1.29, 1.82) is 0 Å². The number of hydrogen-bond acceptors (Lipinski definition) is 1. The van der Waals surface area contributed by atoms with Gasteiger partial charge in [-0.15, -0.1) is 0 Å². The zero-order valence-electron chi connectivity index (χ0n) is 9.41. The summed E-state index contributed by atoms with van der Waals surface area (Å²) in [7, 11) is 0. The van der Waals surface area contributed by atoms with Crippen LogP contribution in [0.5, 0.6) is 0 Å². The van der Waals surface area contributed by atoms with Crippen molar-refractivity contribution in [2.24, 2.45) is 5.92 Å². The molecule has 1 amide bonds. The van der Waals surface area contributed by atoms with Crippen molar-refractivity contribution in [3.63, 3.8) is 0 Å². The van der Waals surface area contributed by atoms with Crippen molar-refractivity contribution in [2.45, 2.75) is 31.6 Å². The average Bonchev–Trinajstić information content (AvgIpc) is 2.49. The first-order valence-corrected chi connectivity index (χ1v) is 6.23. The van der Waals surface area contributed by atoms with Crippen molar-refractivity contribution in [2.75, 3.05) is 6.54 Å². The molecule has 1 fully saturated rings. The number of benzene rings is 1. The Morgan fingerprint density at radius 3 is 2.88 bits per heavy atom. The molecule has 84 valence electrons. The van der Waals surface area contributed by atoms with Crippen LogP contribution in [0, 0.1) is 5.92 Å². The predicted molar refractivity (Wildman–Crippen MR) is 63.5 cm³/mol. The first-order chi connectivity index (χ1) is 7.86. The Bertz CT molecular complexity index is 413. The van der Waals surface area contributed by atoms with Crippen molar-refractivity contribution < 1.29 is 4.79 Å². The second kappa shape index (κ2) is 3.93. The normalized spacial score (nSPS) is 28.6. The maximum Gasteiger partial charge on any atom is 0.251 e. The van der Waals surface area contributed by atoms with Crippen molar-refractivity contribution >= 4 is 5.91 Å². The van der Waals surface area contributed by atoms with E-state index in [0.717, 1.165) is 12.1 Å². The molecule has 0 bridgehead atoms. The van der Waals surface area contributed by atoms with E-state index in [4.69, 9.17) is 0 Å². The Balaban J connectivity index is 2.06. The topological polar surface area (TPSA) is 29.1 Å². The molecule has 0 aromatic heterocycles. The maximum absolute atomic E-state index is 11.9. The molecule has 1 N–H and O–H groups in total. The summed E-state index contributed by atoms with van der Waals surface area (Å²) < 4.78 is 0. The number of carbonyl (C=O) groups is 1. The fourth-order valence-corrected chi connectivity index (χ4v) is 3.21. The lowest BCUT2D eigenvalue weighted by Gasteiger charge is -2.30. The van der Waals surface area contributed by atoms with Crippen LogP contribution in [0.15, 0.2) is 24.3 Å². The highest BCUT2D eigenvalue weighted by Gasteiger charge is 2.32. The van der Waals surface area contributed by atoms with Crippen LogP contribution < -0.4 is 5.32 Å². The Morgan fingerprint density at radius 1 is 1.12 bits per heavy atom. The zero-order chi connectivity index (χ0) is 11.0. The predicted octanol–water partition coefficient (Wildman–Crippen LogP) is 2.70. The molecule has 0 radical (unpaired) electrons. The molecule has 2 atom stereocenters. The number of rotatable bonds is 0. The summed E-state index contributed by atoms with van der Waals surface area (Å²) >= 11 is 0. The SMILES string of the molecule is O=C1NCC2CCCCC2c2ccccc21. The van der Waals surface area contributed by atoms with E-state index in [-0.39, 0.29) is 5.91 Å². The highest BCUT2D eigenvalue weighted by atomic mass is 16.1. The van der Waals surface area contributed by atoms with Gasteiger partial charge in [0, 0.05) is 12.1 Å². The third-order valence-corrected chi connectivity index (χ3v) is 4.04. The standard InChI is InChI=1S/C14H17NO/c16-14-13-8-4-3-7-12(13)11-6-2-1-5-10(11)9-15-14/h3-4,7-8,10-11H,1-2,5-6,9H2,(H,15,16). The number of carbonyl (C=O) groups excluding carboxylic acids is 1. The highest BCUT2D eigenvalue weighted by molar-refractivity contribution is 5.96. The molecule has 0 saturated heterocycles. The zero-order valence-corrected chi connectivity index (χ0v) is 9.41. The molecule has 2 heteroatoms. The van der Waals surface area contributed by atoms with E-state index in [9.17, 15) is 4.79 Å². The molecule has 1 aromatic carbocycles. The summed E-state index contributed by atoms with van der Waals surface area (Å²) in [6.07, 6.45) is 5.14. The van der Waals surface area contributed by atoms with Gasteiger partial charge in [0.2, 0.25) is 0 Å². The molecule has 2 aliphatic rings. The smallest absolute Gasteiger partial charge is 0.251 e. The van der Waals surface area contributed by atoms with E-state index in [0.29, 0.717) is 11.8 Å². The van der Waals surface area contributed by atoms with Crippen LogP contribution in [0.4, 0.5) is 0 Å². The van der Waals surface area contributed by atoms with Crippen LogP contribution in [0.3, 0.4) is 0 Å². The fraction of sp³-hybridized carbons (Fsp3) is 0.500. The minimum absolute atomic E-state index is 0.116. The van der Waals surface area contributed by atoms with Crippen LogP contribution in [-0.4, -0.2) is 12.5 Å². The van der Waals surface area contributed by atoms with Gasteiger partial charge in [0.05, 0.1) is 0 Å². The van der Waals surface area contributed by atoms with E-state index in [1.807, 2.05) is 12.1 Å². The number of nitrogens with one attached hydrogen (secondary N) is 1. The third kappa shape index (κ3) is 1.53. The van der Waals surface area contributed by atoms with Gasteiger partial charge in [0.1, 0.15) is 0 Å². The summed E-state index contributed by atoms with van der Waals surface area (Å²) in [6, 6.07) is 8.12. The van der Waals surface area contributed by atoms with Gasteiger partial charge in [-0.3, -0.25) is 4.79 Å².